The number of carbonyl (C=O) groups excluding carboxylic acids is 1. The number of ether oxygens (including phenoxy) is 3. The minimum atomic E-state index is -4.77. The van der Waals surface area contributed by atoms with Gasteiger partial charge in [-0.2, -0.15) is 0 Å². The molecule has 1 amide bonds. The van der Waals surface area contributed by atoms with Gasteiger partial charge in [0.25, 0.3) is 5.91 Å². The number of nitrogens with two attached hydrogens (primary N) is 1. The van der Waals surface area contributed by atoms with Crippen molar-refractivity contribution in [1.82, 2.24) is 9.88 Å². The van der Waals surface area contributed by atoms with Crippen molar-refractivity contribution in [2.45, 2.75) is 38.6 Å². The van der Waals surface area contributed by atoms with Gasteiger partial charge in [0.2, 0.25) is 0 Å². The summed E-state index contributed by atoms with van der Waals surface area (Å²) in [6.07, 6.45) is -4.77. The van der Waals surface area contributed by atoms with Gasteiger partial charge in [0.15, 0.2) is 0 Å². The number of benzene rings is 2. The van der Waals surface area contributed by atoms with E-state index in [9.17, 15) is 18.0 Å². The standard InChI is InChI=1S/C24H22F3N3O4/c1-13-9-32-12-21(14-2-5-16(6-3-14)34-24(25,26)27)30(13)23(31)15-4-7-20-17(8-15)18-10-33-11-19(18)22(28)29-20/h2-8,13,21H,9-12H2,1H3,(H2,28,29)/t13-,21-/m1/s1. The van der Waals surface area contributed by atoms with E-state index in [0.29, 0.717) is 42.3 Å². The van der Waals surface area contributed by atoms with Crippen molar-refractivity contribution < 1.29 is 32.2 Å². The van der Waals surface area contributed by atoms with Gasteiger partial charge in [0, 0.05) is 16.5 Å². The average Bonchev–Trinajstić information content (AvgIpc) is 3.29. The molecule has 2 aliphatic rings. The Hall–Kier alpha value is -3.37. The molecule has 1 saturated heterocycles. The lowest BCUT2D eigenvalue weighted by atomic mass is 9.99. The summed E-state index contributed by atoms with van der Waals surface area (Å²) in [7, 11) is 0. The van der Waals surface area contributed by atoms with Crippen LogP contribution in [0.4, 0.5) is 19.0 Å². The zero-order chi connectivity index (χ0) is 24.0. The minimum absolute atomic E-state index is 0.206. The molecule has 0 saturated carbocycles. The highest BCUT2D eigenvalue weighted by Crippen LogP contribution is 2.34. The Morgan fingerprint density at radius 3 is 2.56 bits per heavy atom. The molecule has 2 aromatic carbocycles. The number of halogens is 3. The van der Waals surface area contributed by atoms with Crippen LogP contribution in [0.1, 0.15) is 40.0 Å². The highest BCUT2D eigenvalue weighted by molar-refractivity contribution is 5.99. The maximum Gasteiger partial charge on any atom is 0.573 e. The first kappa shape index (κ1) is 22.4. The first-order chi connectivity index (χ1) is 16.2. The number of anilines is 1. The molecular weight excluding hydrogens is 451 g/mol. The molecule has 5 rings (SSSR count). The van der Waals surface area contributed by atoms with Gasteiger partial charge in [0.05, 0.1) is 44.0 Å². The molecule has 2 atom stereocenters. The second-order valence-corrected chi connectivity index (χ2v) is 8.41. The van der Waals surface area contributed by atoms with Crippen LogP contribution in [0.2, 0.25) is 0 Å². The molecule has 0 radical (unpaired) electrons. The molecule has 34 heavy (non-hydrogen) atoms. The third-order valence-electron chi connectivity index (χ3n) is 6.15. The van der Waals surface area contributed by atoms with Crippen LogP contribution >= 0.6 is 0 Å². The summed E-state index contributed by atoms with van der Waals surface area (Å²) in [6.45, 7) is 3.24. The summed E-state index contributed by atoms with van der Waals surface area (Å²) in [5.74, 6) is -0.0991. The molecule has 7 nitrogen and oxygen atoms in total. The highest BCUT2D eigenvalue weighted by Gasteiger charge is 2.35. The molecule has 1 aromatic heterocycles. The lowest BCUT2D eigenvalue weighted by Crippen LogP contribution is -2.49. The van der Waals surface area contributed by atoms with E-state index in [1.54, 1.807) is 23.1 Å². The van der Waals surface area contributed by atoms with Crippen molar-refractivity contribution in [2.75, 3.05) is 18.9 Å². The quantitative estimate of drug-likeness (QED) is 0.609. The number of alkyl halides is 3. The van der Waals surface area contributed by atoms with Gasteiger partial charge in [0.1, 0.15) is 11.6 Å². The SMILES string of the molecule is C[C@@H]1COC[C@H](c2ccc(OC(F)(F)F)cc2)N1C(=O)c1ccc2nc(N)c3c(c2c1)COC3. The van der Waals surface area contributed by atoms with Gasteiger partial charge in [-0.1, -0.05) is 12.1 Å². The van der Waals surface area contributed by atoms with Crippen LogP contribution in [0.3, 0.4) is 0 Å². The number of pyridine rings is 1. The Balaban J connectivity index is 1.48. The number of morpholine rings is 1. The fourth-order valence-electron chi connectivity index (χ4n) is 4.56. The van der Waals surface area contributed by atoms with E-state index in [2.05, 4.69) is 9.72 Å². The van der Waals surface area contributed by atoms with Crippen LogP contribution < -0.4 is 10.5 Å². The zero-order valence-electron chi connectivity index (χ0n) is 18.3. The molecule has 2 N–H and O–H groups in total. The summed E-state index contributed by atoms with van der Waals surface area (Å²) in [4.78, 5) is 19.8. The molecule has 0 bridgehead atoms. The number of hydrogen-bond donors (Lipinski definition) is 1. The second-order valence-electron chi connectivity index (χ2n) is 8.41. The highest BCUT2D eigenvalue weighted by atomic mass is 19.4. The summed E-state index contributed by atoms with van der Waals surface area (Å²) in [5.41, 5.74) is 9.64. The topological polar surface area (TPSA) is 86.9 Å². The molecule has 3 aromatic rings. The van der Waals surface area contributed by atoms with Crippen LogP contribution in [0.25, 0.3) is 10.9 Å². The predicted octanol–water partition coefficient (Wildman–Crippen LogP) is 4.35. The molecule has 2 aliphatic heterocycles. The largest absolute Gasteiger partial charge is 0.573 e. The molecule has 178 valence electrons. The predicted molar refractivity (Wildman–Crippen MR) is 117 cm³/mol. The molecular formula is C24H22F3N3O4. The first-order valence-corrected chi connectivity index (χ1v) is 10.8. The Kier molecular flexibility index (Phi) is 5.57. The van der Waals surface area contributed by atoms with E-state index in [4.69, 9.17) is 15.2 Å². The fraction of sp³-hybridized carbons (Fsp3) is 0.333. The maximum absolute atomic E-state index is 13.7. The Morgan fingerprint density at radius 1 is 1.09 bits per heavy atom. The average molecular weight is 473 g/mol. The Labute approximate surface area is 193 Å². The summed E-state index contributed by atoms with van der Waals surface area (Å²) >= 11 is 0. The van der Waals surface area contributed by atoms with E-state index in [1.165, 1.54) is 24.3 Å². The van der Waals surface area contributed by atoms with Crippen LogP contribution in [0.5, 0.6) is 5.75 Å². The van der Waals surface area contributed by atoms with Crippen molar-refractivity contribution in [3.8, 4) is 5.75 Å². The van der Waals surface area contributed by atoms with E-state index >= 15 is 0 Å². The number of rotatable bonds is 3. The third-order valence-corrected chi connectivity index (χ3v) is 6.15. The number of nitrogens with zero attached hydrogens (tertiary/aromatic N) is 2. The van der Waals surface area contributed by atoms with Crippen molar-refractivity contribution in [1.29, 1.82) is 0 Å². The molecule has 0 spiro atoms. The van der Waals surface area contributed by atoms with Gasteiger partial charge < -0.3 is 24.8 Å². The van der Waals surface area contributed by atoms with Crippen molar-refractivity contribution in [3.63, 3.8) is 0 Å². The second kappa shape index (κ2) is 8.44. The van der Waals surface area contributed by atoms with Crippen LogP contribution in [0, 0.1) is 0 Å². The molecule has 3 heterocycles. The van der Waals surface area contributed by atoms with E-state index < -0.39 is 12.4 Å². The first-order valence-electron chi connectivity index (χ1n) is 10.8. The number of carbonyl (C=O) groups is 1. The van der Waals surface area contributed by atoms with Gasteiger partial charge >= 0.3 is 6.36 Å². The summed E-state index contributed by atoms with van der Waals surface area (Å²) in [6, 6.07) is 10.1. The number of fused-ring (bicyclic) bond motifs is 3. The van der Waals surface area contributed by atoms with Gasteiger partial charge in [-0.15, -0.1) is 13.2 Å². The van der Waals surface area contributed by atoms with Crippen molar-refractivity contribution in [3.05, 3.63) is 64.7 Å². The Morgan fingerprint density at radius 2 is 1.82 bits per heavy atom. The molecule has 10 heteroatoms. The molecule has 0 unspecified atom stereocenters. The number of hydrogen-bond acceptors (Lipinski definition) is 6. The van der Waals surface area contributed by atoms with Gasteiger partial charge in [-0.25, -0.2) is 4.98 Å². The summed E-state index contributed by atoms with van der Waals surface area (Å²) in [5, 5.41) is 0.818. The fourth-order valence-corrected chi connectivity index (χ4v) is 4.56. The van der Waals surface area contributed by atoms with Crippen molar-refractivity contribution >= 4 is 22.6 Å². The lowest BCUT2D eigenvalue weighted by molar-refractivity contribution is -0.274. The normalized spacial score (nSPS) is 20.4. The third kappa shape index (κ3) is 4.14. The maximum atomic E-state index is 13.7. The monoisotopic (exact) mass is 473 g/mol. The lowest BCUT2D eigenvalue weighted by Gasteiger charge is -2.41. The molecule has 1 fully saturated rings. The Bertz CT molecular complexity index is 1250. The van der Waals surface area contributed by atoms with Crippen LogP contribution in [-0.2, 0) is 22.7 Å². The number of nitrogen functional groups attached to an aromatic ring is 1. The minimum Gasteiger partial charge on any atom is -0.406 e. The van der Waals surface area contributed by atoms with Crippen LogP contribution in [0.15, 0.2) is 42.5 Å². The van der Waals surface area contributed by atoms with E-state index in [0.717, 1.165) is 16.5 Å². The molecule has 0 aliphatic carbocycles. The van der Waals surface area contributed by atoms with E-state index in [-0.39, 0.29) is 24.3 Å². The number of aromatic nitrogens is 1. The van der Waals surface area contributed by atoms with Gasteiger partial charge in [-0.3, -0.25) is 4.79 Å². The smallest absolute Gasteiger partial charge is 0.406 e. The zero-order valence-corrected chi connectivity index (χ0v) is 18.3. The van der Waals surface area contributed by atoms with E-state index in [1.807, 2.05) is 6.92 Å². The van der Waals surface area contributed by atoms with Crippen LogP contribution in [-0.4, -0.2) is 41.4 Å². The van der Waals surface area contributed by atoms with Crippen molar-refractivity contribution in [2.24, 2.45) is 0 Å². The summed E-state index contributed by atoms with van der Waals surface area (Å²) < 4.78 is 52.7. The van der Waals surface area contributed by atoms with Gasteiger partial charge in [-0.05, 0) is 48.4 Å². The number of amides is 1.